The van der Waals surface area contributed by atoms with Gasteiger partial charge in [0.15, 0.2) is 0 Å². The number of hydrogen-bond donors (Lipinski definition) is 1. The maximum Gasteiger partial charge on any atom is 0.262 e. The minimum Gasteiger partial charge on any atom is -0.207 e. The molecule has 3 nitrogen and oxygen atoms in total. The molecule has 0 aliphatic rings. The maximum atomic E-state index is 11.1. The lowest BCUT2D eigenvalue weighted by Crippen LogP contribution is -1.98. The van der Waals surface area contributed by atoms with Crippen molar-refractivity contribution in [1.82, 2.24) is 0 Å². The highest BCUT2D eigenvalue weighted by atomic mass is 35.7. The standard InChI is InChI=1S/C9H8ClNO2S2/c1-2-6-3-4-8(15(10,12)13)7(5-11)9(6)14/h3-4,14H,2H2,1H3. The Morgan fingerprint density at radius 3 is 2.53 bits per heavy atom. The van der Waals surface area contributed by atoms with Gasteiger partial charge in [0.25, 0.3) is 9.05 Å². The van der Waals surface area contributed by atoms with Crippen LogP contribution in [0.25, 0.3) is 0 Å². The molecular weight excluding hydrogens is 254 g/mol. The molecule has 0 spiro atoms. The van der Waals surface area contributed by atoms with Crippen molar-refractivity contribution in [2.45, 2.75) is 23.1 Å². The van der Waals surface area contributed by atoms with Gasteiger partial charge in [-0.3, -0.25) is 0 Å². The summed E-state index contributed by atoms with van der Waals surface area (Å²) >= 11 is 4.13. The first kappa shape index (κ1) is 12.4. The van der Waals surface area contributed by atoms with Crippen LogP contribution >= 0.6 is 23.3 Å². The van der Waals surface area contributed by atoms with Gasteiger partial charge in [0.2, 0.25) is 0 Å². The highest BCUT2D eigenvalue weighted by Gasteiger charge is 2.19. The summed E-state index contributed by atoms with van der Waals surface area (Å²) in [6.07, 6.45) is 0.677. The van der Waals surface area contributed by atoms with Crippen molar-refractivity contribution in [2.75, 3.05) is 0 Å². The van der Waals surface area contributed by atoms with Crippen LogP contribution < -0.4 is 0 Å². The van der Waals surface area contributed by atoms with Crippen LogP contribution in [0.3, 0.4) is 0 Å². The van der Waals surface area contributed by atoms with E-state index in [2.05, 4.69) is 12.6 Å². The van der Waals surface area contributed by atoms with Crippen LogP contribution in [0.4, 0.5) is 0 Å². The average Bonchev–Trinajstić information content (AvgIpc) is 2.15. The summed E-state index contributed by atoms with van der Waals surface area (Å²) in [5, 5.41) is 8.86. The number of nitriles is 1. The van der Waals surface area contributed by atoms with E-state index in [1.165, 1.54) is 6.07 Å². The monoisotopic (exact) mass is 261 g/mol. The van der Waals surface area contributed by atoms with Gasteiger partial charge in [-0.2, -0.15) is 5.26 Å². The zero-order valence-electron chi connectivity index (χ0n) is 7.86. The third-order valence-corrected chi connectivity index (χ3v) is 3.85. The Bertz CT molecular complexity index is 532. The Morgan fingerprint density at radius 1 is 1.53 bits per heavy atom. The number of nitrogens with zero attached hydrogens (tertiary/aromatic N) is 1. The Balaban J connectivity index is 3.61. The quantitative estimate of drug-likeness (QED) is 0.657. The molecule has 0 heterocycles. The van der Waals surface area contributed by atoms with Gasteiger partial charge in [-0.05, 0) is 18.1 Å². The molecule has 0 bridgehead atoms. The number of thiol groups is 1. The van der Waals surface area contributed by atoms with E-state index in [0.717, 1.165) is 5.56 Å². The Hall–Kier alpha value is -0.700. The molecule has 6 heteroatoms. The van der Waals surface area contributed by atoms with E-state index in [1.807, 2.05) is 6.92 Å². The minimum absolute atomic E-state index is 0.00711. The van der Waals surface area contributed by atoms with E-state index in [4.69, 9.17) is 15.9 Å². The van der Waals surface area contributed by atoms with Crippen molar-refractivity contribution in [3.05, 3.63) is 23.3 Å². The molecule has 0 radical (unpaired) electrons. The molecule has 0 aliphatic carbocycles. The summed E-state index contributed by atoms with van der Waals surface area (Å²) in [6.45, 7) is 1.89. The van der Waals surface area contributed by atoms with E-state index in [0.29, 0.717) is 11.3 Å². The highest BCUT2D eigenvalue weighted by Crippen LogP contribution is 2.28. The van der Waals surface area contributed by atoms with E-state index in [-0.39, 0.29) is 10.5 Å². The van der Waals surface area contributed by atoms with Crippen molar-refractivity contribution < 1.29 is 8.42 Å². The van der Waals surface area contributed by atoms with Crippen LogP contribution in [0.1, 0.15) is 18.1 Å². The molecule has 0 saturated heterocycles. The largest absolute Gasteiger partial charge is 0.262 e. The highest BCUT2D eigenvalue weighted by molar-refractivity contribution is 8.13. The lowest BCUT2D eigenvalue weighted by molar-refractivity contribution is 0.609. The third-order valence-electron chi connectivity index (χ3n) is 1.98. The predicted molar refractivity (Wildman–Crippen MR) is 60.8 cm³/mol. The fraction of sp³-hybridized carbons (Fsp3) is 0.222. The number of aryl methyl sites for hydroxylation is 1. The van der Waals surface area contributed by atoms with Crippen LogP contribution in [-0.4, -0.2) is 8.42 Å². The Morgan fingerprint density at radius 2 is 2.13 bits per heavy atom. The second kappa shape index (κ2) is 4.44. The topological polar surface area (TPSA) is 57.9 Å². The molecule has 0 atom stereocenters. The summed E-state index contributed by atoms with van der Waals surface area (Å²) in [6, 6.07) is 4.75. The van der Waals surface area contributed by atoms with Crippen molar-refractivity contribution in [1.29, 1.82) is 5.26 Å². The number of benzene rings is 1. The Labute approximate surface area is 98.5 Å². The maximum absolute atomic E-state index is 11.1. The third kappa shape index (κ3) is 2.46. The van der Waals surface area contributed by atoms with Crippen LogP contribution in [0.2, 0.25) is 0 Å². The van der Waals surface area contributed by atoms with Crippen molar-refractivity contribution in [3.8, 4) is 6.07 Å². The van der Waals surface area contributed by atoms with Crippen molar-refractivity contribution in [3.63, 3.8) is 0 Å². The van der Waals surface area contributed by atoms with Gasteiger partial charge in [-0.15, -0.1) is 12.6 Å². The number of hydrogen-bond acceptors (Lipinski definition) is 4. The van der Waals surface area contributed by atoms with Crippen molar-refractivity contribution in [2.24, 2.45) is 0 Å². The molecular formula is C9H8ClNO2S2. The summed E-state index contributed by atoms with van der Waals surface area (Å²) in [7, 11) is 1.30. The molecule has 0 saturated carbocycles. The first-order chi connectivity index (χ1) is 6.91. The van der Waals surface area contributed by atoms with Gasteiger partial charge < -0.3 is 0 Å². The van der Waals surface area contributed by atoms with Gasteiger partial charge in [-0.1, -0.05) is 13.0 Å². The van der Waals surface area contributed by atoms with E-state index in [1.54, 1.807) is 12.1 Å². The molecule has 1 aromatic rings. The molecule has 1 rings (SSSR count). The molecule has 0 aromatic heterocycles. The first-order valence-corrected chi connectivity index (χ1v) is 6.87. The fourth-order valence-electron chi connectivity index (χ4n) is 1.21. The molecule has 0 aliphatic heterocycles. The molecule has 0 fully saturated rings. The predicted octanol–water partition coefficient (Wildman–Crippen LogP) is 2.34. The summed E-state index contributed by atoms with van der Waals surface area (Å²) in [5.74, 6) is 0. The number of rotatable bonds is 2. The van der Waals surface area contributed by atoms with Gasteiger partial charge in [0.05, 0.1) is 5.56 Å². The molecule has 0 unspecified atom stereocenters. The van der Waals surface area contributed by atoms with Gasteiger partial charge >= 0.3 is 0 Å². The molecule has 1 aromatic carbocycles. The summed E-state index contributed by atoms with van der Waals surface area (Å²) in [5.41, 5.74) is 0.826. The van der Waals surface area contributed by atoms with Gasteiger partial charge in [0.1, 0.15) is 11.0 Å². The van der Waals surface area contributed by atoms with Crippen LogP contribution in [0, 0.1) is 11.3 Å². The first-order valence-electron chi connectivity index (χ1n) is 4.11. The van der Waals surface area contributed by atoms with Crippen LogP contribution in [0.15, 0.2) is 21.9 Å². The fourth-order valence-corrected chi connectivity index (χ4v) is 2.70. The minimum atomic E-state index is -3.89. The summed E-state index contributed by atoms with van der Waals surface area (Å²) < 4.78 is 22.3. The molecule has 80 valence electrons. The second-order valence-electron chi connectivity index (χ2n) is 2.85. The normalized spacial score (nSPS) is 11.1. The zero-order chi connectivity index (χ0) is 11.6. The van der Waals surface area contributed by atoms with E-state index in [9.17, 15) is 8.42 Å². The van der Waals surface area contributed by atoms with Crippen molar-refractivity contribution >= 4 is 32.4 Å². The van der Waals surface area contributed by atoms with E-state index >= 15 is 0 Å². The summed E-state index contributed by atoms with van der Waals surface area (Å²) in [4.78, 5) is 0.190. The smallest absolute Gasteiger partial charge is 0.207 e. The lowest BCUT2D eigenvalue weighted by Gasteiger charge is -2.07. The molecule has 15 heavy (non-hydrogen) atoms. The molecule has 0 amide bonds. The van der Waals surface area contributed by atoms with E-state index < -0.39 is 9.05 Å². The zero-order valence-corrected chi connectivity index (χ0v) is 10.3. The van der Waals surface area contributed by atoms with Gasteiger partial charge in [-0.25, -0.2) is 8.42 Å². The number of halogens is 1. The van der Waals surface area contributed by atoms with Crippen LogP contribution in [-0.2, 0) is 15.5 Å². The molecule has 0 N–H and O–H groups in total. The second-order valence-corrected chi connectivity index (χ2v) is 5.83. The lowest BCUT2D eigenvalue weighted by atomic mass is 10.1. The SMILES string of the molecule is CCc1ccc(S(=O)(=O)Cl)c(C#N)c1S. The Kier molecular flexibility index (Phi) is 3.66. The van der Waals surface area contributed by atoms with Gasteiger partial charge in [0, 0.05) is 15.6 Å². The average molecular weight is 262 g/mol. The van der Waals surface area contributed by atoms with Crippen LogP contribution in [0.5, 0.6) is 0 Å².